The van der Waals surface area contributed by atoms with Crippen LogP contribution < -0.4 is 10.6 Å². The Kier molecular flexibility index (Phi) is 4.64. The summed E-state index contributed by atoms with van der Waals surface area (Å²) in [5.41, 5.74) is -0.798. The van der Waals surface area contributed by atoms with E-state index < -0.39 is 23.4 Å². The summed E-state index contributed by atoms with van der Waals surface area (Å²) in [5, 5.41) is 14.1. The zero-order valence-corrected chi connectivity index (χ0v) is 11.7. The third kappa shape index (κ3) is 3.62. The van der Waals surface area contributed by atoms with Crippen molar-refractivity contribution in [1.29, 1.82) is 0 Å². The van der Waals surface area contributed by atoms with Gasteiger partial charge in [-0.05, 0) is 17.7 Å². The number of hydrogen-bond acceptors (Lipinski definition) is 3. The number of aliphatic carboxylic acids is 1. The first-order chi connectivity index (χ1) is 9.93. The third-order valence-electron chi connectivity index (χ3n) is 3.22. The highest BCUT2D eigenvalue weighted by molar-refractivity contribution is 6.30. The van der Waals surface area contributed by atoms with Gasteiger partial charge in [0.1, 0.15) is 5.82 Å². The van der Waals surface area contributed by atoms with Gasteiger partial charge in [0.15, 0.2) is 5.54 Å². The van der Waals surface area contributed by atoms with Gasteiger partial charge >= 0.3 is 12.0 Å². The molecule has 3 N–H and O–H groups in total. The van der Waals surface area contributed by atoms with Gasteiger partial charge in [0.2, 0.25) is 0 Å². The molecule has 1 atom stereocenters. The molecule has 1 heterocycles. The molecule has 1 aromatic carbocycles. The molecule has 21 heavy (non-hydrogen) atoms. The van der Waals surface area contributed by atoms with Gasteiger partial charge in [0.05, 0.1) is 11.6 Å². The van der Waals surface area contributed by atoms with Gasteiger partial charge < -0.3 is 20.5 Å². The van der Waals surface area contributed by atoms with Crippen LogP contribution in [0.3, 0.4) is 0 Å². The first kappa shape index (κ1) is 15.5. The highest BCUT2D eigenvalue weighted by Crippen LogP contribution is 2.19. The van der Waals surface area contributed by atoms with E-state index in [-0.39, 0.29) is 31.2 Å². The smallest absolute Gasteiger partial charge is 0.332 e. The van der Waals surface area contributed by atoms with Crippen LogP contribution in [0.25, 0.3) is 0 Å². The van der Waals surface area contributed by atoms with Crippen LogP contribution in [0.5, 0.6) is 0 Å². The number of carboxylic acid groups (broad SMARTS) is 1. The molecule has 2 amide bonds. The van der Waals surface area contributed by atoms with Crippen molar-refractivity contribution in [2.75, 3.05) is 13.2 Å². The van der Waals surface area contributed by atoms with Gasteiger partial charge in [0.25, 0.3) is 0 Å². The number of benzene rings is 1. The summed E-state index contributed by atoms with van der Waals surface area (Å²) < 4.78 is 18.0. The minimum Gasteiger partial charge on any atom is -0.479 e. The summed E-state index contributed by atoms with van der Waals surface area (Å²) in [6.07, 6.45) is 0.206. The summed E-state index contributed by atoms with van der Waals surface area (Å²) in [7, 11) is 0. The molecule has 114 valence electrons. The van der Waals surface area contributed by atoms with Gasteiger partial charge in [-0.3, -0.25) is 0 Å². The average molecular weight is 317 g/mol. The van der Waals surface area contributed by atoms with Crippen molar-refractivity contribution < 1.29 is 23.8 Å². The van der Waals surface area contributed by atoms with Gasteiger partial charge in [-0.1, -0.05) is 17.7 Å². The van der Waals surface area contributed by atoms with E-state index in [1.807, 2.05) is 0 Å². The second kappa shape index (κ2) is 6.28. The molecule has 1 fully saturated rings. The Morgan fingerprint density at radius 2 is 2.24 bits per heavy atom. The molecule has 1 aliphatic heterocycles. The van der Waals surface area contributed by atoms with Gasteiger partial charge in [-0.2, -0.15) is 0 Å². The fourth-order valence-electron chi connectivity index (χ4n) is 1.98. The van der Waals surface area contributed by atoms with E-state index in [1.54, 1.807) is 0 Å². The number of rotatable bonds is 4. The van der Waals surface area contributed by atoms with Crippen LogP contribution in [0.2, 0.25) is 5.02 Å². The number of carboxylic acids is 1. The number of urea groups is 1. The second-order valence-electron chi connectivity index (χ2n) is 4.75. The fraction of sp³-hybridized carbons (Fsp3) is 0.385. The monoisotopic (exact) mass is 316 g/mol. The van der Waals surface area contributed by atoms with Crippen molar-refractivity contribution in [3.05, 3.63) is 34.6 Å². The molecule has 0 bridgehead atoms. The molecule has 0 saturated carbocycles. The van der Waals surface area contributed by atoms with Crippen molar-refractivity contribution in [2.45, 2.75) is 18.5 Å². The highest BCUT2D eigenvalue weighted by atomic mass is 35.5. The SMILES string of the molecule is O=C(NCc1ccc(F)c(Cl)c1)NC1(C(=O)O)CCOC1. The minimum atomic E-state index is -1.40. The van der Waals surface area contributed by atoms with Crippen molar-refractivity contribution in [3.63, 3.8) is 0 Å². The van der Waals surface area contributed by atoms with Crippen LogP contribution in [-0.2, 0) is 16.1 Å². The molecule has 2 rings (SSSR count). The van der Waals surface area contributed by atoms with E-state index in [4.69, 9.17) is 16.3 Å². The van der Waals surface area contributed by atoms with Gasteiger partial charge in [0, 0.05) is 19.6 Å². The molecule has 1 saturated heterocycles. The summed E-state index contributed by atoms with van der Waals surface area (Å²) in [5.74, 6) is -1.68. The Balaban J connectivity index is 1.92. The molecular weight excluding hydrogens is 303 g/mol. The van der Waals surface area contributed by atoms with E-state index in [0.717, 1.165) is 0 Å². The van der Waals surface area contributed by atoms with Crippen molar-refractivity contribution in [2.24, 2.45) is 0 Å². The number of carbonyl (C=O) groups excluding carboxylic acids is 1. The summed E-state index contributed by atoms with van der Waals surface area (Å²) in [6.45, 7) is 0.306. The largest absolute Gasteiger partial charge is 0.479 e. The number of hydrogen-bond donors (Lipinski definition) is 3. The van der Waals surface area contributed by atoms with Crippen LogP contribution in [0.1, 0.15) is 12.0 Å². The number of amides is 2. The lowest BCUT2D eigenvalue weighted by Gasteiger charge is -2.23. The summed E-state index contributed by atoms with van der Waals surface area (Å²) in [4.78, 5) is 23.0. The lowest BCUT2D eigenvalue weighted by molar-refractivity contribution is -0.144. The number of ether oxygens (including phenoxy) is 1. The zero-order valence-electron chi connectivity index (χ0n) is 11.0. The molecule has 1 aliphatic rings. The van der Waals surface area contributed by atoms with Crippen LogP contribution >= 0.6 is 11.6 Å². The number of carbonyl (C=O) groups is 2. The second-order valence-corrected chi connectivity index (χ2v) is 5.15. The first-order valence-electron chi connectivity index (χ1n) is 6.24. The highest BCUT2D eigenvalue weighted by Gasteiger charge is 2.43. The fourth-order valence-corrected chi connectivity index (χ4v) is 2.18. The quantitative estimate of drug-likeness (QED) is 0.786. The van der Waals surface area contributed by atoms with Crippen LogP contribution in [-0.4, -0.2) is 35.9 Å². The standard InChI is InChI=1S/C13H14ClFN2O4/c14-9-5-8(1-2-10(9)15)6-16-12(20)17-13(11(18)19)3-4-21-7-13/h1-2,5H,3-4,6-7H2,(H,18,19)(H2,16,17,20). The summed E-state index contributed by atoms with van der Waals surface area (Å²) >= 11 is 5.63. The van der Waals surface area contributed by atoms with E-state index in [1.165, 1.54) is 18.2 Å². The predicted octanol–water partition coefficient (Wildman–Crippen LogP) is 1.52. The molecule has 0 aromatic heterocycles. The molecule has 0 radical (unpaired) electrons. The molecule has 1 unspecified atom stereocenters. The maximum atomic E-state index is 13.0. The zero-order chi connectivity index (χ0) is 15.5. The molecule has 8 heteroatoms. The predicted molar refractivity (Wildman–Crippen MR) is 72.6 cm³/mol. The summed E-state index contributed by atoms with van der Waals surface area (Å²) in [6, 6.07) is 3.43. The van der Waals surface area contributed by atoms with Crippen LogP contribution in [0.15, 0.2) is 18.2 Å². The first-order valence-corrected chi connectivity index (χ1v) is 6.62. The van der Waals surface area contributed by atoms with Crippen LogP contribution in [0, 0.1) is 5.82 Å². The van der Waals surface area contributed by atoms with Gasteiger partial charge in [-0.25, -0.2) is 14.0 Å². The maximum absolute atomic E-state index is 13.0. The van der Waals surface area contributed by atoms with Crippen LogP contribution in [0.4, 0.5) is 9.18 Å². The van der Waals surface area contributed by atoms with Crippen molar-refractivity contribution >= 4 is 23.6 Å². The Morgan fingerprint density at radius 1 is 1.48 bits per heavy atom. The maximum Gasteiger partial charge on any atom is 0.332 e. The number of halogens is 2. The van der Waals surface area contributed by atoms with E-state index in [9.17, 15) is 19.1 Å². The van der Waals surface area contributed by atoms with E-state index >= 15 is 0 Å². The molecule has 6 nitrogen and oxygen atoms in total. The normalized spacial score (nSPS) is 21.0. The van der Waals surface area contributed by atoms with E-state index in [2.05, 4.69) is 10.6 Å². The van der Waals surface area contributed by atoms with Crippen molar-refractivity contribution in [1.82, 2.24) is 10.6 Å². The third-order valence-corrected chi connectivity index (χ3v) is 3.51. The molecule has 1 aromatic rings. The molecular formula is C13H14ClFN2O4. The Bertz CT molecular complexity index is 561. The number of nitrogens with one attached hydrogen (secondary N) is 2. The molecule has 0 aliphatic carbocycles. The van der Waals surface area contributed by atoms with E-state index in [0.29, 0.717) is 5.56 Å². The lowest BCUT2D eigenvalue weighted by atomic mass is 9.99. The Morgan fingerprint density at radius 3 is 2.81 bits per heavy atom. The topological polar surface area (TPSA) is 87.7 Å². The van der Waals surface area contributed by atoms with Crippen molar-refractivity contribution in [3.8, 4) is 0 Å². The minimum absolute atomic E-state index is 0.0408. The molecule has 0 spiro atoms. The van der Waals surface area contributed by atoms with Gasteiger partial charge in [-0.15, -0.1) is 0 Å². The lowest BCUT2D eigenvalue weighted by Crippen LogP contribution is -2.57. The Labute approximate surface area is 125 Å². The average Bonchev–Trinajstić information content (AvgIpc) is 2.90. The Hall–Kier alpha value is -1.86.